The minimum Gasteiger partial charge on any atom is -0.338 e. The Hall–Kier alpha value is -2.23. The molecule has 4 rings (SSSR count). The van der Waals surface area contributed by atoms with Gasteiger partial charge in [-0.2, -0.15) is 4.98 Å². The molecule has 9 heteroatoms. The average Bonchev–Trinajstić information content (AvgIpc) is 3.37. The Morgan fingerprint density at radius 2 is 2.08 bits per heavy atom. The molecule has 132 valence electrons. The Morgan fingerprint density at radius 3 is 2.88 bits per heavy atom. The Bertz CT molecular complexity index is 1010. The van der Waals surface area contributed by atoms with Crippen LogP contribution < -0.4 is 5.32 Å². The molecule has 3 aromatic heterocycles. The number of hydrogen-bond donors (Lipinski definition) is 1. The third-order valence-electron chi connectivity index (χ3n) is 3.69. The summed E-state index contributed by atoms with van der Waals surface area (Å²) in [5.41, 5.74) is 3.52. The summed E-state index contributed by atoms with van der Waals surface area (Å²) in [6, 6.07) is 10.2. The van der Waals surface area contributed by atoms with Gasteiger partial charge in [-0.3, -0.25) is 0 Å². The van der Waals surface area contributed by atoms with Crippen LogP contribution in [0.4, 0.5) is 10.8 Å². The number of aromatic nitrogens is 4. The first-order valence-electron chi connectivity index (χ1n) is 7.84. The van der Waals surface area contributed by atoms with Crippen molar-refractivity contribution in [1.82, 2.24) is 20.3 Å². The minimum absolute atomic E-state index is 0.566. The highest BCUT2D eigenvalue weighted by molar-refractivity contribution is 8.00. The van der Waals surface area contributed by atoms with Crippen LogP contribution in [0.15, 0.2) is 44.6 Å². The van der Waals surface area contributed by atoms with Gasteiger partial charge in [0.25, 0.3) is 0 Å². The predicted molar refractivity (Wildman–Crippen MR) is 106 cm³/mol. The van der Waals surface area contributed by atoms with Gasteiger partial charge in [0.05, 0.1) is 10.6 Å². The molecule has 1 N–H and O–H groups in total. The van der Waals surface area contributed by atoms with Gasteiger partial charge in [0.15, 0.2) is 4.34 Å². The van der Waals surface area contributed by atoms with Crippen molar-refractivity contribution in [3.63, 3.8) is 0 Å². The van der Waals surface area contributed by atoms with Crippen LogP contribution in [0, 0.1) is 13.8 Å². The molecular weight excluding hydrogens is 386 g/mol. The van der Waals surface area contributed by atoms with E-state index in [1.807, 2.05) is 23.6 Å². The summed E-state index contributed by atoms with van der Waals surface area (Å²) in [5, 5.41) is 18.5. The maximum Gasteiger partial charge on any atom is 0.237 e. The zero-order valence-electron chi connectivity index (χ0n) is 14.1. The van der Waals surface area contributed by atoms with Crippen molar-refractivity contribution in [3.8, 4) is 10.7 Å². The molecular formula is C17H15N5OS3. The molecule has 26 heavy (non-hydrogen) atoms. The molecule has 0 spiro atoms. The quantitative estimate of drug-likeness (QED) is 0.439. The highest BCUT2D eigenvalue weighted by Crippen LogP contribution is 2.30. The van der Waals surface area contributed by atoms with Crippen LogP contribution in [0.5, 0.6) is 0 Å². The number of benzene rings is 1. The first kappa shape index (κ1) is 17.2. The third kappa shape index (κ3) is 3.95. The van der Waals surface area contributed by atoms with Gasteiger partial charge in [-0.05, 0) is 48.6 Å². The van der Waals surface area contributed by atoms with Crippen molar-refractivity contribution in [2.24, 2.45) is 0 Å². The highest BCUT2D eigenvalue weighted by atomic mass is 32.2. The second-order valence-corrected chi connectivity index (χ2v) is 8.72. The molecule has 0 aliphatic carbocycles. The van der Waals surface area contributed by atoms with Crippen LogP contribution >= 0.6 is 34.4 Å². The number of nitrogens with one attached hydrogen (secondary N) is 1. The molecule has 3 heterocycles. The number of anilines is 2. The largest absolute Gasteiger partial charge is 0.338 e. The SMILES string of the molecule is Cc1ccc(Nc2nnc(SCc3nc(-c4cccs4)no3)s2)cc1C. The van der Waals surface area contributed by atoms with Gasteiger partial charge >= 0.3 is 0 Å². The lowest BCUT2D eigenvalue weighted by atomic mass is 10.1. The van der Waals surface area contributed by atoms with Crippen LogP contribution in [0.2, 0.25) is 0 Å². The van der Waals surface area contributed by atoms with Crippen LogP contribution in [0.25, 0.3) is 10.7 Å². The zero-order chi connectivity index (χ0) is 17.9. The molecule has 0 fully saturated rings. The molecule has 0 amide bonds. The molecule has 0 aliphatic heterocycles. The summed E-state index contributed by atoms with van der Waals surface area (Å²) >= 11 is 4.63. The number of hydrogen-bond acceptors (Lipinski definition) is 9. The number of nitrogens with zero attached hydrogens (tertiary/aromatic N) is 4. The summed E-state index contributed by atoms with van der Waals surface area (Å²) in [4.78, 5) is 5.41. The van der Waals surface area contributed by atoms with E-state index in [1.54, 1.807) is 11.3 Å². The van der Waals surface area contributed by atoms with E-state index >= 15 is 0 Å². The van der Waals surface area contributed by atoms with Gasteiger partial charge in [0.1, 0.15) is 0 Å². The molecule has 0 atom stereocenters. The summed E-state index contributed by atoms with van der Waals surface area (Å²) in [5.74, 6) is 1.78. The number of thioether (sulfide) groups is 1. The van der Waals surface area contributed by atoms with Crippen molar-refractivity contribution in [2.75, 3.05) is 5.32 Å². The number of rotatable bonds is 6. The summed E-state index contributed by atoms with van der Waals surface area (Å²) in [6.45, 7) is 4.19. The van der Waals surface area contributed by atoms with Crippen molar-refractivity contribution in [1.29, 1.82) is 0 Å². The molecule has 0 bridgehead atoms. The topological polar surface area (TPSA) is 76.7 Å². The van der Waals surface area contributed by atoms with Crippen molar-refractivity contribution >= 4 is 45.3 Å². The van der Waals surface area contributed by atoms with Crippen LogP contribution in [0.1, 0.15) is 17.0 Å². The predicted octanol–water partition coefficient (Wildman–Crippen LogP) is 5.30. The molecule has 4 aromatic rings. The number of thiophene rings is 1. The Labute approximate surface area is 162 Å². The smallest absolute Gasteiger partial charge is 0.237 e. The second-order valence-electron chi connectivity index (χ2n) is 5.57. The van der Waals surface area contributed by atoms with E-state index in [-0.39, 0.29) is 0 Å². The van der Waals surface area contributed by atoms with Crippen molar-refractivity contribution < 1.29 is 4.52 Å². The van der Waals surface area contributed by atoms with Gasteiger partial charge in [-0.25, -0.2) is 0 Å². The van der Waals surface area contributed by atoms with Crippen LogP contribution in [-0.2, 0) is 5.75 Å². The summed E-state index contributed by atoms with van der Waals surface area (Å²) in [6.07, 6.45) is 0. The normalized spacial score (nSPS) is 11.0. The lowest BCUT2D eigenvalue weighted by Crippen LogP contribution is -1.91. The van der Waals surface area contributed by atoms with E-state index in [1.165, 1.54) is 34.2 Å². The Balaban J connectivity index is 1.37. The first-order chi connectivity index (χ1) is 12.7. The highest BCUT2D eigenvalue weighted by Gasteiger charge is 2.12. The van der Waals surface area contributed by atoms with Gasteiger partial charge in [0.2, 0.25) is 16.8 Å². The lowest BCUT2D eigenvalue weighted by Gasteiger charge is -2.05. The minimum atomic E-state index is 0.566. The fraction of sp³-hybridized carbons (Fsp3) is 0.176. The van der Waals surface area contributed by atoms with E-state index in [0.29, 0.717) is 17.5 Å². The van der Waals surface area contributed by atoms with E-state index in [4.69, 9.17) is 4.52 Å². The van der Waals surface area contributed by atoms with Gasteiger partial charge in [-0.15, -0.1) is 21.5 Å². The van der Waals surface area contributed by atoms with Crippen molar-refractivity contribution in [3.05, 3.63) is 52.7 Å². The van der Waals surface area contributed by atoms with Gasteiger partial charge < -0.3 is 9.84 Å². The molecule has 0 radical (unpaired) electrons. The molecule has 6 nitrogen and oxygen atoms in total. The summed E-state index contributed by atoms with van der Waals surface area (Å²) < 4.78 is 6.16. The maximum absolute atomic E-state index is 5.30. The van der Waals surface area contributed by atoms with Crippen LogP contribution in [0.3, 0.4) is 0 Å². The van der Waals surface area contributed by atoms with E-state index in [9.17, 15) is 0 Å². The average molecular weight is 402 g/mol. The third-order valence-corrected chi connectivity index (χ3v) is 6.52. The van der Waals surface area contributed by atoms with Gasteiger partial charge in [-0.1, -0.05) is 40.4 Å². The fourth-order valence-electron chi connectivity index (χ4n) is 2.20. The molecule has 0 unspecified atom stereocenters. The first-order valence-corrected chi connectivity index (χ1v) is 10.5. The molecule has 0 saturated carbocycles. The monoisotopic (exact) mass is 401 g/mol. The lowest BCUT2D eigenvalue weighted by molar-refractivity contribution is 0.392. The summed E-state index contributed by atoms with van der Waals surface area (Å²) in [7, 11) is 0. The Morgan fingerprint density at radius 1 is 1.15 bits per heavy atom. The second kappa shape index (κ2) is 7.56. The van der Waals surface area contributed by atoms with E-state index < -0.39 is 0 Å². The number of aryl methyl sites for hydroxylation is 2. The van der Waals surface area contributed by atoms with Crippen molar-refractivity contribution in [2.45, 2.75) is 23.9 Å². The van der Waals surface area contributed by atoms with E-state index in [2.05, 4.69) is 51.6 Å². The molecule has 0 aliphatic rings. The van der Waals surface area contributed by atoms with E-state index in [0.717, 1.165) is 20.0 Å². The standard InChI is InChI=1S/C17H15N5OS3/c1-10-5-6-12(8-11(10)2)18-16-20-21-17(26-16)25-9-14-19-15(22-23-14)13-4-3-7-24-13/h3-8H,9H2,1-2H3,(H,18,20). The zero-order valence-corrected chi connectivity index (χ0v) is 16.5. The fourth-order valence-corrected chi connectivity index (χ4v) is 4.46. The Kier molecular flexibility index (Phi) is 5.00. The molecule has 0 saturated heterocycles. The molecule has 1 aromatic carbocycles. The van der Waals surface area contributed by atoms with Crippen LogP contribution in [-0.4, -0.2) is 20.3 Å². The van der Waals surface area contributed by atoms with Gasteiger partial charge in [0, 0.05) is 5.69 Å². The maximum atomic E-state index is 5.30.